The fraction of sp³-hybridized carbons (Fsp3) is 0.929. The summed E-state index contributed by atoms with van der Waals surface area (Å²) in [7, 11) is -3.48. The Balaban J connectivity index is 1.94. The Bertz CT molecular complexity index is 458. The fourth-order valence-corrected chi connectivity index (χ4v) is 4.99. The Morgan fingerprint density at radius 1 is 1.19 bits per heavy atom. The highest BCUT2D eigenvalue weighted by atomic mass is 32.2. The van der Waals surface area contributed by atoms with Gasteiger partial charge in [-0.3, -0.25) is 4.79 Å². The molecule has 1 saturated heterocycles. The summed E-state index contributed by atoms with van der Waals surface area (Å²) < 4.78 is 29.2. The molecule has 0 spiro atoms. The maximum Gasteiger partial charge on any atom is 0.306 e. The van der Waals surface area contributed by atoms with E-state index in [1.165, 1.54) is 10.7 Å². The van der Waals surface area contributed by atoms with Crippen molar-refractivity contribution >= 4 is 16.2 Å². The van der Waals surface area contributed by atoms with E-state index in [2.05, 4.69) is 11.6 Å². The molecule has 2 atom stereocenters. The van der Waals surface area contributed by atoms with Crippen molar-refractivity contribution in [3.05, 3.63) is 0 Å². The van der Waals surface area contributed by atoms with Gasteiger partial charge in [-0.05, 0) is 31.6 Å². The number of carboxylic acid groups (broad SMARTS) is 1. The minimum Gasteiger partial charge on any atom is -0.481 e. The van der Waals surface area contributed by atoms with Gasteiger partial charge in [0, 0.05) is 19.1 Å². The van der Waals surface area contributed by atoms with Crippen molar-refractivity contribution in [1.29, 1.82) is 0 Å². The zero-order valence-electron chi connectivity index (χ0n) is 12.6. The van der Waals surface area contributed by atoms with Gasteiger partial charge in [-0.1, -0.05) is 26.2 Å². The number of carboxylic acids is 1. The molecule has 1 aliphatic carbocycles. The minimum absolute atomic E-state index is 0.0333. The molecule has 2 fully saturated rings. The second-order valence-electron chi connectivity index (χ2n) is 6.19. The normalized spacial score (nSPS) is 29.4. The molecule has 1 heterocycles. The molecule has 6 nitrogen and oxygen atoms in total. The van der Waals surface area contributed by atoms with Crippen LogP contribution in [0, 0.1) is 11.8 Å². The first-order valence-electron chi connectivity index (χ1n) is 7.94. The van der Waals surface area contributed by atoms with Gasteiger partial charge in [0.1, 0.15) is 0 Å². The van der Waals surface area contributed by atoms with E-state index < -0.39 is 22.1 Å². The van der Waals surface area contributed by atoms with Crippen LogP contribution < -0.4 is 4.72 Å². The van der Waals surface area contributed by atoms with E-state index in [1.54, 1.807) is 0 Å². The zero-order chi connectivity index (χ0) is 15.5. The van der Waals surface area contributed by atoms with Gasteiger partial charge in [-0.2, -0.15) is 17.4 Å². The van der Waals surface area contributed by atoms with E-state index in [1.807, 2.05) is 0 Å². The molecule has 2 rings (SSSR count). The summed E-state index contributed by atoms with van der Waals surface area (Å²) in [6, 6.07) is 0.0333. The number of rotatable bonds is 5. The summed E-state index contributed by atoms with van der Waals surface area (Å²) in [5.74, 6) is -0.807. The molecule has 2 aliphatic rings. The summed E-state index contributed by atoms with van der Waals surface area (Å²) in [6.45, 7) is 2.71. The van der Waals surface area contributed by atoms with Crippen molar-refractivity contribution in [2.45, 2.75) is 57.9 Å². The van der Waals surface area contributed by atoms with Gasteiger partial charge in [-0.25, -0.2) is 0 Å². The number of carbonyl (C=O) groups is 1. The highest BCUT2D eigenvalue weighted by molar-refractivity contribution is 7.87. The molecular weight excluding hydrogens is 292 g/mol. The number of aliphatic carboxylic acids is 1. The molecule has 0 aromatic rings. The predicted molar refractivity (Wildman–Crippen MR) is 80.0 cm³/mol. The van der Waals surface area contributed by atoms with E-state index in [9.17, 15) is 13.2 Å². The molecule has 0 amide bonds. The number of piperidine rings is 1. The number of hydrogen-bond acceptors (Lipinski definition) is 3. The number of nitrogens with one attached hydrogen (secondary N) is 1. The molecular formula is C14H26N2O4S. The summed E-state index contributed by atoms with van der Waals surface area (Å²) >= 11 is 0. The Labute approximate surface area is 127 Å². The van der Waals surface area contributed by atoms with Gasteiger partial charge < -0.3 is 5.11 Å². The highest BCUT2D eigenvalue weighted by Gasteiger charge is 2.34. The largest absolute Gasteiger partial charge is 0.481 e. The van der Waals surface area contributed by atoms with Crippen LogP contribution in [0.5, 0.6) is 0 Å². The lowest BCUT2D eigenvalue weighted by Gasteiger charge is -2.35. The zero-order valence-corrected chi connectivity index (χ0v) is 13.4. The van der Waals surface area contributed by atoms with E-state index >= 15 is 0 Å². The Hall–Kier alpha value is -0.660. The van der Waals surface area contributed by atoms with Crippen LogP contribution in [0.2, 0.25) is 0 Å². The molecule has 0 aromatic heterocycles. The topological polar surface area (TPSA) is 86.7 Å². The summed E-state index contributed by atoms with van der Waals surface area (Å²) in [5, 5.41) is 8.97. The first kappa shape index (κ1) is 16.7. The maximum atomic E-state index is 12.5. The Morgan fingerprint density at radius 3 is 2.38 bits per heavy atom. The lowest BCUT2D eigenvalue weighted by Crippen LogP contribution is -2.51. The van der Waals surface area contributed by atoms with E-state index in [-0.39, 0.29) is 6.04 Å². The molecule has 1 aliphatic heterocycles. The van der Waals surface area contributed by atoms with Crippen LogP contribution in [-0.4, -0.2) is 42.9 Å². The molecule has 0 radical (unpaired) electrons. The molecule has 2 N–H and O–H groups in total. The SMILES string of the molecule is CCC1CCCCC1NS(=O)(=O)N1CCC(C(=O)O)CC1. The van der Waals surface area contributed by atoms with Gasteiger partial charge in [0.2, 0.25) is 0 Å². The fourth-order valence-electron chi connectivity index (χ4n) is 3.46. The molecule has 0 bridgehead atoms. The quantitative estimate of drug-likeness (QED) is 0.806. The van der Waals surface area contributed by atoms with Gasteiger partial charge in [-0.15, -0.1) is 0 Å². The molecule has 1 saturated carbocycles. The smallest absolute Gasteiger partial charge is 0.306 e. The van der Waals surface area contributed by atoms with Crippen LogP contribution in [0.15, 0.2) is 0 Å². The van der Waals surface area contributed by atoms with Crippen LogP contribution in [0.3, 0.4) is 0 Å². The van der Waals surface area contributed by atoms with Gasteiger partial charge in [0.25, 0.3) is 10.2 Å². The standard InChI is InChI=1S/C14H26N2O4S/c1-2-11-5-3-4-6-13(11)15-21(19,20)16-9-7-12(8-10-16)14(17)18/h11-13,15H,2-10H2,1H3,(H,17,18). The van der Waals surface area contributed by atoms with Crippen molar-refractivity contribution < 1.29 is 18.3 Å². The molecule has 0 aromatic carbocycles. The van der Waals surface area contributed by atoms with Gasteiger partial charge in [0.15, 0.2) is 0 Å². The van der Waals surface area contributed by atoms with Crippen LogP contribution in [0.4, 0.5) is 0 Å². The third kappa shape index (κ3) is 4.17. The number of nitrogens with zero attached hydrogens (tertiary/aromatic N) is 1. The van der Waals surface area contributed by atoms with Crippen molar-refractivity contribution in [3.63, 3.8) is 0 Å². The van der Waals surface area contributed by atoms with Crippen molar-refractivity contribution in [1.82, 2.24) is 9.03 Å². The van der Waals surface area contributed by atoms with Crippen molar-refractivity contribution in [2.24, 2.45) is 11.8 Å². The monoisotopic (exact) mass is 318 g/mol. The predicted octanol–water partition coefficient (Wildman–Crippen LogP) is 1.59. The number of hydrogen-bond donors (Lipinski definition) is 2. The third-order valence-corrected chi connectivity index (χ3v) is 6.52. The first-order valence-corrected chi connectivity index (χ1v) is 9.38. The maximum absolute atomic E-state index is 12.5. The first-order chi connectivity index (χ1) is 9.94. The summed E-state index contributed by atoms with van der Waals surface area (Å²) in [6.07, 6.45) is 6.05. The van der Waals surface area contributed by atoms with Crippen LogP contribution in [0.1, 0.15) is 51.9 Å². The minimum atomic E-state index is -3.48. The van der Waals surface area contributed by atoms with Crippen molar-refractivity contribution in [2.75, 3.05) is 13.1 Å². The van der Waals surface area contributed by atoms with E-state index in [0.29, 0.717) is 31.8 Å². The molecule has 122 valence electrons. The summed E-state index contributed by atoms with van der Waals surface area (Å²) in [4.78, 5) is 10.9. The molecule has 2 unspecified atom stereocenters. The Morgan fingerprint density at radius 2 is 1.81 bits per heavy atom. The highest BCUT2D eigenvalue weighted by Crippen LogP contribution is 2.28. The van der Waals surface area contributed by atoms with E-state index in [4.69, 9.17) is 5.11 Å². The van der Waals surface area contributed by atoms with Crippen molar-refractivity contribution in [3.8, 4) is 0 Å². The molecule has 21 heavy (non-hydrogen) atoms. The average Bonchev–Trinajstić information content (AvgIpc) is 2.47. The van der Waals surface area contributed by atoms with E-state index in [0.717, 1.165) is 25.7 Å². The second kappa shape index (κ2) is 7.07. The van der Waals surface area contributed by atoms with Crippen LogP contribution in [0.25, 0.3) is 0 Å². The van der Waals surface area contributed by atoms with Gasteiger partial charge >= 0.3 is 5.97 Å². The second-order valence-corrected chi connectivity index (χ2v) is 7.90. The third-order valence-electron chi connectivity index (χ3n) is 4.88. The lowest BCUT2D eigenvalue weighted by molar-refractivity contribution is -0.142. The van der Waals surface area contributed by atoms with Crippen LogP contribution in [-0.2, 0) is 15.0 Å². The Kier molecular flexibility index (Phi) is 5.62. The van der Waals surface area contributed by atoms with Crippen LogP contribution >= 0.6 is 0 Å². The average molecular weight is 318 g/mol. The lowest BCUT2D eigenvalue weighted by atomic mass is 9.83. The summed E-state index contributed by atoms with van der Waals surface area (Å²) in [5.41, 5.74) is 0. The van der Waals surface area contributed by atoms with Gasteiger partial charge in [0.05, 0.1) is 5.92 Å². The molecule has 7 heteroatoms.